The van der Waals surface area contributed by atoms with Crippen molar-refractivity contribution in [3.63, 3.8) is 0 Å². The molecule has 0 spiro atoms. The Morgan fingerprint density at radius 1 is 1.04 bits per heavy atom. The number of primary amides is 1. The fourth-order valence-corrected chi connectivity index (χ4v) is 6.05. The third kappa shape index (κ3) is 6.66. The molecule has 2 aliphatic heterocycles. The van der Waals surface area contributed by atoms with Crippen LogP contribution in [0.15, 0.2) is 71.5 Å². The summed E-state index contributed by atoms with van der Waals surface area (Å²) >= 11 is 0. The Bertz CT molecular complexity index is 1770. The molecule has 4 heterocycles. The fraction of sp³-hybridized carbons (Fsp3) is 0.343. The van der Waals surface area contributed by atoms with E-state index in [1.54, 1.807) is 6.07 Å². The number of pyridine rings is 2. The van der Waals surface area contributed by atoms with E-state index in [0.29, 0.717) is 25.3 Å². The van der Waals surface area contributed by atoms with E-state index in [4.69, 9.17) is 24.9 Å². The number of hydrogen-bond acceptors (Lipinski definition) is 8. The quantitative estimate of drug-likeness (QED) is 0.207. The van der Waals surface area contributed by atoms with Gasteiger partial charge in [-0.2, -0.15) is 0 Å². The number of H-pyrrole nitrogens is 1. The topological polar surface area (TPSA) is 132 Å². The van der Waals surface area contributed by atoms with Crippen LogP contribution < -0.4 is 26.2 Å². The van der Waals surface area contributed by atoms with Crippen LogP contribution in [0.3, 0.4) is 0 Å². The number of anilines is 2. The zero-order chi connectivity index (χ0) is 31.7. The summed E-state index contributed by atoms with van der Waals surface area (Å²) < 4.78 is 17.7. The van der Waals surface area contributed by atoms with Gasteiger partial charge in [0.15, 0.2) is 0 Å². The molecular formula is C35H39N5O5. The smallest absolute Gasteiger partial charge is 0.404 e. The maximum atomic E-state index is 12.7. The number of hydrogen-bond donors (Lipinski definition) is 3. The molecule has 0 saturated carbocycles. The maximum Gasteiger partial charge on any atom is 0.404 e. The highest BCUT2D eigenvalue weighted by molar-refractivity contribution is 5.74. The van der Waals surface area contributed by atoms with Gasteiger partial charge in [0.2, 0.25) is 5.56 Å². The number of para-hydroxylation sites is 1. The number of nitrogens with two attached hydrogens (primary N) is 1. The number of rotatable bonds is 7. The lowest BCUT2D eigenvalue weighted by atomic mass is 9.83. The molecule has 1 saturated heterocycles. The highest BCUT2D eigenvalue weighted by atomic mass is 16.6. The van der Waals surface area contributed by atoms with Gasteiger partial charge in [-0.1, -0.05) is 39.0 Å². The van der Waals surface area contributed by atoms with Crippen molar-refractivity contribution in [1.29, 1.82) is 0 Å². The predicted molar refractivity (Wildman–Crippen MR) is 174 cm³/mol. The maximum absolute atomic E-state index is 12.7. The van der Waals surface area contributed by atoms with Crippen molar-refractivity contribution in [1.82, 2.24) is 9.97 Å². The fourth-order valence-electron chi connectivity index (χ4n) is 6.05. The lowest BCUT2D eigenvalue weighted by Crippen LogP contribution is -2.42. The monoisotopic (exact) mass is 609 g/mol. The molecule has 6 rings (SSSR count). The van der Waals surface area contributed by atoms with Gasteiger partial charge >= 0.3 is 6.09 Å². The Balaban J connectivity index is 1.31. The minimum atomic E-state index is -0.836. The first-order chi connectivity index (χ1) is 21.5. The number of carbonyl (C=O) groups excluding carboxylic acids is 1. The molecule has 0 radical (unpaired) electrons. The summed E-state index contributed by atoms with van der Waals surface area (Å²) in [5.74, 6) is 1.46. The van der Waals surface area contributed by atoms with Crippen LogP contribution in [0.1, 0.15) is 49.3 Å². The van der Waals surface area contributed by atoms with Gasteiger partial charge < -0.3 is 35.1 Å². The molecule has 0 aliphatic carbocycles. The van der Waals surface area contributed by atoms with Gasteiger partial charge in [0.1, 0.15) is 23.6 Å². The Morgan fingerprint density at radius 2 is 1.82 bits per heavy atom. The van der Waals surface area contributed by atoms with E-state index in [1.165, 1.54) is 0 Å². The van der Waals surface area contributed by atoms with Crippen molar-refractivity contribution in [3.8, 4) is 22.8 Å². The summed E-state index contributed by atoms with van der Waals surface area (Å²) in [7, 11) is 0. The van der Waals surface area contributed by atoms with Crippen LogP contribution in [0.4, 0.5) is 16.2 Å². The largest absolute Gasteiger partial charge is 0.456 e. The minimum Gasteiger partial charge on any atom is -0.456 e. The Morgan fingerprint density at radius 3 is 2.56 bits per heavy atom. The molecule has 10 heteroatoms. The Labute approximate surface area is 262 Å². The van der Waals surface area contributed by atoms with Gasteiger partial charge in [0, 0.05) is 59.2 Å². The molecule has 2 atom stereocenters. The summed E-state index contributed by atoms with van der Waals surface area (Å²) in [6.07, 6.45) is -0.803. The number of fused-ring (bicyclic) bond motifs is 2. The second kappa shape index (κ2) is 12.3. The molecule has 234 valence electrons. The van der Waals surface area contributed by atoms with Crippen LogP contribution in [0.5, 0.6) is 11.5 Å². The molecule has 45 heavy (non-hydrogen) atoms. The first-order valence-corrected chi connectivity index (χ1v) is 15.2. The second-order valence-electron chi connectivity index (χ2n) is 12.7. The summed E-state index contributed by atoms with van der Waals surface area (Å²) in [6, 6.07) is 20.9. The van der Waals surface area contributed by atoms with Gasteiger partial charge in [-0.3, -0.25) is 9.78 Å². The van der Waals surface area contributed by atoms with Gasteiger partial charge in [-0.25, -0.2) is 4.79 Å². The van der Waals surface area contributed by atoms with Crippen LogP contribution in [0.25, 0.3) is 11.3 Å². The summed E-state index contributed by atoms with van der Waals surface area (Å²) in [6.45, 7) is 10.7. The molecule has 1 amide bonds. The number of aromatic nitrogens is 2. The summed E-state index contributed by atoms with van der Waals surface area (Å²) in [5, 5.41) is 3.59. The second-order valence-corrected chi connectivity index (χ2v) is 12.7. The number of morpholine rings is 1. The number of nitrogens with one attached hydrogen (secondary N) is 2. The van der Waals surface area contributed by atoms with Crippen LogP contribution in [-0.4, -0.2) is 48.5 Å². The minimum absolute atomic E-state index is 0.162. The predicted octanol–water partition coefficient (Wildman–Crippen LogP) is 5.94. The van der Waals surface area contributed by atoms with Crippen molar-refractivity contribution in [2.24, 2.45) is 11.1 Å². The number of nitrogens with zero attached hydrogens (tertiary/aromatic N) is 2. The summed E-state index contributed by atoms with van der Waals surface area (Å²) in [4.78, 5) is 34.6. The molecule has 2 aromatic heterocycles. The van der Waals surface area contributed by atoms with E-state index in [0.717, 1.165) is 64.0 Å². The zero-order valence-corrected chi connectivity index (χ0v) is 26.1. The van der Waals surface area contributed by atoms with Gasteiger partial charge in [0.05, 0.1) is 24.6 Å². The van der Waals surface area contributed by atoms with E-state index in [1.807, 2.05) is 82.3 Å². The van der Waals surface area contributed by atoms with Crippen LogP contribution in [-0.2, 0) is 15.9 Å². The standard InChI is InChI=1S/C35H39N5O5/c1-21-7-5-10-27(37-21)31(33(35(2,3)4)45-34(36)42)38-24-11-12-29-23(18-24)17-22-8-6-9-26(32(22)44-29)28-19-25(20-30(41)39-28)40-13-15-43-16-14-40/h5-12,18-20,31,33,38H,13-17H2,1-4H3,(H2,36,42)(H,39,41). The lowest BCUT2D eigenvalue weighted by molar-refractivity contribution is 0.0229. The molecule has 2 aromatic carbocycles. The van der Waals surface area contributed by atoms with Gasteiger partial charge in [0.25, 0.3) is 0 Å². The number of carbonyl (C=O) groups is 1. The molecule has 0 bridgehead atoms. The number of aromatic amines is 1. The zero-order valence-electron chi connectivity index (χ0n) is 26.1. The molecular weight excluding hydrogens is 570 g/mol. The normalized spacial score (nSPS) is 15.7. The molecule has 4 N–H and O–H groups in total. The van der Waals surface area contributed by atoms with E-state index in [-0.39, 0.29) is 5.56 Å². The van der Waals surface area contributed by atoms with Crippen molar-refractivity contribution < 1.29 is 19.0 Å². The number of benzene rings is 2. The average molecular weight is 610 g/mol. The Kier molecular flexibility index (Phi) is 8.24. The van der Waals surface area contributed by atoms with Gasteiger partial charge in [-0.15, -0.1) is 0 Å². The Hall–Kier alpha value is -4.83. The SMILES string of the molecule is Cc1cccc(C(Nc2ccc3c(c2)Cc2cccc(-c4cc(N5CCOCC5)cc(=O)[nH]4)c2O3)C(OC(N)=O)C(C)(C)C)n1. The van der Waals surface area contributed by atoms with E-state index < -0.39 is 23.7 Å². The third-order valence-corrected chi connectivity index (χ3v) is 8.20. The third-order valence-electron chi connectivity index (χ3n) is 8.20. The number of amides is 1. The lowest BCUT2D eigenvalue weighted by Gasteiger charge is -2.36. The van der Waals surface area contributed by atoms with E-state index in [9.17, 15) is 9.59 Å². The molecule has 4 aromatic rings. The van der Waals surface area contributed by atoms with Crippen molar-refractivity contribution >= 4 is 17.5 Å². The number of aryl methyl sites for hydroxylation is 1. The summed E-state index contributed by atoms with van der Waals surface area (Å²) in [5.41, 5.74) is 11.8. The van der Waals surface area contributed by atoms with Crippen LogP contribution in [0.2, 0.25) is 0 Å². The highest BCUT2D eigenvalue weighted by Gasteiger charge is 2.37. The van der Waals surface area contributed by atoms with Crippen LogP contribution >= 0.6 is 0 Å². The first-order valence-electron chi connectivity index (χ1n) is 15.2. The van der Waals surface area contributed by atoms with Gasteiger partial charge in [-0.05, 0) is 55.0 Å². The van der Waals surface area contributed by atoms with Crippen molar-refractivity contribution in [3.05, 3.63) is 99.6 Å². The van der Waals surface area contributed by atoms with Crippen molar-refractivity contribution in [2.75, 3.05) is 36.5 Å². The van der Waals surface area contributed by atoms with E-state index >= 15 is 0 Å². The first kappa shape index (κ1) is 30.2. The molecule has 10 nitrogen and oxygen atoms in total. The van der Waals surface area contributed by atoms with Crippen LogP contribution in [0, 0.1) is 12.3 Å². The van der Waals surface area contributed by atoms with Crippen molar-refractivity contribution in [2.45, 2.75) is 46.3 Å². The molecule has 2 aliphatic rings. The average Bonchev–Trinajstić information content (AvgIpc) is 3.01. The molecule has 2 unspecified atom stereocenters. The highest BCUT2D eigenvalue weighted by Crippen LogP contribution is 2.44. The molecule has 1 fully saturated rings. The van der Waals surface area contributed by atoms with E-state index in [2.05, 4.69) is 21.3 Å². The number of ether oxygens (including phenoxy) is 3.